The smallest absolute Gasteiger partial charge is 0.283 e. The van der Waals surface area contributed by atoms with Crippen LogP contribution in [-0.4, -0.2) is 45.5 Å². The van der Waals surface area contributed by atoms with E-state index in [2.05, 4.69) is 52.8 Å². The van der Waals surface area contributed by atoms with Gasteiger partial charge in [-0.15, -0.1) is 5.10 Å². The molecule has 32 heavy (non-hydrogen) atoms. The lowest BCUT2D eigenvalue weighted by Gasteiger charge is -2.20. The number of aliphatic imine (C=N–C) groups is 1. The van der Waals surface area contributed by atoms with E-state index in [9.17, 15) is 13.2 Å². The minimum atomic E-state index is -3.57. The number of carbonyl (C=O) groups excluding carboxylic acids is 1. The number of nitrogens with zero attached hydrogens (tertiary/aromatic N) is 4. The zero-order chi connectivity index (χ0) is 23.4. The van der Waals surface area contributed by atoms with Crippen molar-refractivity contribution in [2.75, 3.05) is 6.26 Å². The molecule has 1 amide bonds. The van der Waals surface area contributed by atoms with Crippen molar-refractivity contribution in [2.45, 2.75) is 33.6 Å². The van der Waals surface area contributed by atoms with Crippen molar-refractivity contribution < 1.29 is 13.2 Å². The van der Waals surface area contributed by atoms with Gasteiger partial charge in [0.05, 0.1) is 5.57 Å². The summed E-state index contributed by atoms with van der Waals surface area (Å²) in [6, 6.07) is 10.3. The SMILES string of the molecule is Cc1cc(/C=C2\C(=N)N3N=C(S(C)(=O)=O)SC3=NC2=O)c(C)n1-c1ccc(C(C)C)cc1. The van der Waals surface area contributed by atoms with Crippen LogP contribution >= 0.6 is 11.8 Å². The van der Waals surface area contributed by atoms with Gasteiger partial charge < -0.3 is 4.57 Å². The Labute approximate surface area is 191 Å². The highest BCUT2D eigenvalue weighted by molar-refractivity contribution is 8.42. The number of rotatable bonds is 3. The number of sulfone groups is 1. The van der Waals surface area contributed by atoms with Crippen molar-refractivity contribution in [3.8, 4) is 5.69 Å². The zero-order valence-corrected chi connectivity index (χ0v) is 20.0. The Morgan fingerprint density at radius 2 is 1.81 bits per heavy atom. The maximum Gasteiger partial charge on any atom is 0.283 e. The second-order valence-corrected chi connectivity index (χ2v) is 11.2. The number of hydrogen-bond acceptors (Lipinski definition) is 6. The number of amidine groups is 2. The normalized spacial score (nSPS) is 17.8. The average Bonchev–Trinajstić information content (AvgIpc) is 3.26. The van der Waals surface area contributed by atoms with E-state index in [0.29, 0.717) is 5.92 Å². The molecule has 0 bridgehead atoms. The van der Waals surface area contributed by atoms with Gasteiger partial charge in [-0.25, -0.2) is 8.42 Å². The molecule has 1 N–H and O–H groups in total. The van der Waals surface area contributed by atoms with E-state index in [0.717, 1.165) is 45.7 Å². The Bertz CT molecular complexity index is 1350. The van der Waals surface area contributed by atoms with Crippen molar-refractivity contribution in [1.29, 1.82) is 5.41 Å². The highest BCUT2D eigenvalue weighted by Crippen LogP contribution is 2.31. The molecule has 1 aromatic carbocycles. The zero-order valence-electron chi connectivity index (χ0n) is 18.4. The Kier molecular flexibility index (Phi) is 5.46. The van der Waals surface area contributed by atoms with Crippen molar-refractivity contribution in [2.24, 2.45) is 10.1 Å². The molecule has 0 saturated carbocycles. The first-order valence-corrected chi connectivity index (χ1v) is 12.7. The van der Waals surface area contributed by atoms with Crippen LogP contribution in [0.5, 0.6) is 0 Å². The third kappa shape index (κ3) is 3.84. The molecular formula is C22H23N5O3S2. The Balaban J connectivity index is 1.72. The standard InChI is InChI=1S/C22H23N5O3S2/c1-12(2)15-6-8-17(9-7-15)26-13(3)10-16(14(26)4)11-18-19(23)27-21(24-20(18)28)31-22(25-27)32(5,29)30/h6-12,23H,1-5H3/b18-11+,23-19?. The number of thioether (sulfide) groups is 1. The van der Waals surface area contributed by atoms with Gasteiger partial charge in [0.15, 0.2) is 5.84 Å². The van der Waals surface area contributed by atoms with Gasteiger partial charge in [0, 0.05) is 23.3 Å². The lowest BCUT2D eigenvalue weighted by atomic mass is 10.0. The molecule has 0 aliphatic carbocycles. The van der Waals surface area contributed by atoms with Crippen molar-refractivity contribution in [1.82, 2.24) is 9.58 Å². The van der Waals surface area contributed by atoms with Gasteiger partial charge in [0.25, 0.3) is 5.91 Å². The molecule has 0 atom stereocenters. The summed E-state index contributed by atoms with van der Waals surface area (Å²) < 4.78 is 25.5. The largest absolute Gasteiger partial charge is 0.318 e. The van der Waals surface area contributed by atoms with Crippen LogP contribution in [0.4, 0.5) is 0 Å². The van der Waals surface area contributed by atoms with Gasteiger partial charge in [-0.2, -0.15) is 10.0 Å². The van der Waals surface area contributed by atoms with E-state index in [1.807, 2.05) is 19.9 Å². The molecule has 2 aliphatic rings. The summed E-state index contributed by atoms with van der Waals surface area (Å²) in [6.45, 7) is 8.23. The number of hydrazone groups is 1. The molecule has 1 aromatic heterocycles. The number of aromatic nitrogens is 1. The number of hydrogen-bond donors (Lipinski definition) is 1. The molecule has 0 radical (unpaired) electrons. The number of benzene rings is 1. The quantitative estimate of drug-likeness (QED) is 0.687. The second-order valence-electron chi connectivity index (χ2n) is 8.07. The minimum Gasteiger partial charge on any atom is -0.318 e. The van der Waals surface area contributed by atoms with Gasteiger partial charge in [0.1, 0.15) is 0 Å². The van der Waals surface area contributed by atoms with Gasteiger partial charge in [0.2, 0.25) is 19.4 Å². The van der Waals surface area contributed by atoms with Crippen LogP contribution in [0.15, 0.2) is 46.0 Å². The molecule has 2 aromatic rings. The Hall–Kier alpha value is -2.98. The summed E-state index contributed by atoms with van der Waals surface area (Å²) in [7, 11) is -3.57. The molecule has 8 nitrogen and oxygen atoms in total. The first kappa shape index (κ1) is 22.2. The number of nitrogens with one attached hydrogen (secondary N) is 1. The van der Waals surface area contributed by atoms with Crippen molar-refractivity contribution in [3.63, 3.8) is 0 Å². The van der Waals surface area contributed by atoms with Gasteiger partial charge in [-0.05, 0) is 66.9 Å². The molecule has 0 spiro atoms. The van der Waals surface area contributed by atoms with Crippen LogP contribution in [0.1, 0.15) is 42.3 Å². The third-order valence-corrected chi connectivity index (χ3v) is 7.92. The molecule has 10 heteroatoms. The number of amides is 1. The lowest BCUT2D eigenvalue weighted by molar-refractivity contribution is -0.114. The second kappa shape index (κ2) is 7.86. The van der Waals surface area contributed by atoms with Crippen LogP contribution in [0.25, 0.3) is 11.8 Å². The van der Waals surface area contributed by atoms with E-state index < -0.39 is 15.7 Å². The maximum absolute atomic E-state index is 12.6. The third-order valence-electron chi connectivity index (χ3n) is 5.34. The van der Waals surface area contributed by atoms with Gasteiger partial charge >= 0.3 is 0 Å². The molecule has 0 saturated heterocycles. The maximum atomic E-state index is 12.6. The predicted octanol–water partition coefficient (Wildman–Crippen LogP) is 3.84. The molecular weight excluding hydrogens is 446 g/mol. The van der Waals surface area contributed by atoms with Crippen LogP contribution in [0.2, 0.25) is 0 Å². The van der Waals surface area contributed by atoms with E-state index >= 15 is 0 Å². The molecule has 2 aliphatic heterocycles. The molecule has 0 unspecified atom stereocenters. The molecule has 166 valence electrons. The van der Waals surface area contributed by atoms with Gasteiger partial charge in [-0.3, -0.25) is 10.2 Å². The Morgan fingerprint density at radius 1 is 1.16 bits per heavy atom. The fraction of sp³-hybridized carbons (Fsp3) is 0.273. The van der Waals surface area contributed by atoms with Crippen molar-refractivity contribution >= 4 is 49.0 Å². The fourth-order valence-electron chi connectivity index (χ4n) is 3.62. The van der Waals surface area contributed by atoms with E-state index in [4.69, 9.17) is 5.41 Å². The molecule has 0 fully saturated rings. The average molecular weight is 470 g/mol. The van der Waals surface area contributed by atoms with Crippen molar-refractivity contribution in [3.05, 3.63) is 58.4 Å². The van der Waals surface area contributed by atoms with Crippen LogP contribution in [-0.2, 0) is 14.6 Å². The highest BCUT2D eigenvalue weighted by atomic mass is 32.3. The van der Waals surface area contributed by atoms with E-state index in [1.165, 1.54) is 5.56 Å². The number of fused-ring (bicyclic) bond motifs is 1. The predicted molar refractivity (Wildman–Crippen MR) is 129 cm³/mol. The van der Waals surface area contributed by atoms with Crippen LogP contribution < -0.4 is 0 Å². The fourth-order valence-corrected chi connectivity index (χ4v) is 5.30. The lowest BCUT2D eigenvalue weighted by Crippen LogP contribution is -2.35. The first-order chi connectivity index (χ1) is 15.0. The van der Waals surface area contributed by atoms with E-state index in [-0.39, 0.29) is 21.0 Å². The number of aryl methyl sites for hydroxylation is 1. The minimum absolute atomic E-state index is 0.0586. The van der Waals surface area contributed by atoms with Gasteiger partial charge in [-0.1, -0.05) is 26.0 Å². The number of carbonyl (C=O) groups is 1. The summed E-state index contributed by atoms with van der Waals surface area (Å²) >= 11 is 0.772. The van der Waals surface area contributed by atoms with Crippen LogP contribution in [0.3, 0.4) is 0 Å². The van der Waals surface area contributed by atoms with E-state index in [1.54, 1.807) is 6.08 Å². The summed E-state index contributed by atoms with van der Waals surface area (Å²) in [5.41, 5.74) is 5.01. The summed E-state index contributed by atoms with van der Waals surface area (Å²) in [4.78, 5) is 16.6. The molecule has 3 heterocycles. The monoisotopic (exact) mass is 469 g/mol. The highest BCUT2D eigenvalue weighted by Gasteiger charge is 2.38. The summed E-state index contributed by atoms with van der Waals surface area (Å²) in [5, 5.41) is 13.6. The first-order valence-electron chi connectivity index (χ1n) is 9.97. The van der Waals surface area contributed by atoms with Crippen LogP contribution in [0, 0.1) is 19.3 Å². The Morgan fingerprint density at radius 3 is 2.41 bits per heavy atom. The summed E-state index contributed by atoms with van der Waals surface area (Å²) in [6.07, 6.45) is 2.65. The summed E-state index contributed by atoms with van der Waals surface area (Å²) in [5.74, 6) is -0.346. The topological polar surface area (TPSA) is 108 Å². The molecule has 4 rings (SSSR count).